The Balaban J connectivity index is 2.00. The number of amides is 2. The van der Waals surface area contributed by atoms with Crippen LogP contribution in [-0.2, 0) is 14.8 Å². The minimum atomic E-state index is -3.76. The molecule has 0 saturated carbocycles. The van der Waals surface area contributed by atoms with Gasteiger partial charge in [-0.05, 0) is 64.1 Å². The summed E-state index contributed by atoms with van der Waals surface area (Å²) in [5, 5.41) is 5.25. The van der Waals surface area contributed by atoms with Gasteiger partial charge < -0.3 is 10.6 Å². The molecule has 2 aromatic rings. The van der Waals surface area contributed by atoms with Crippen LogP contribution in [0.25, 0.3) is 0 Å². The van der Waals surface area contributed by atoms with Gasteiger partial charge in [-0.25, -0.2) is 8.42 Å². The molecule has 0 bridgehead atoms. The SMILES string of the molecule is Cc1ccc(NS(=O)(=O)c2ccc(C(=O)NCC(=O)NC(C)(C)C)cc2)cc1. The summed E-state index contributed by atoms with van der Waals surface area (Å²) >= 11 is 0. The first-order valence-corrected chi connectivity index (χ1v) is 10.2. The molecule has 0 unspecified atom stereocenters. The van der Waals surface area contributed by atoms with Crippen molar-refractivity contribution in [2.24, 2.45) is 0 Å². The third-order valence-electron chi connectivity index (χ3n) is 3.65. The standard InChI is InChI=1S/C20H25N3O4S/c1-14-5-9-16(10-6-14)23-28(26,27)17-11-7-15(8-12-17)19(25)21-13-18(24)22-20(2,3)4/h5-12,23H,13H2,1-4H3,(H,21,25)(H,22,24). The molecule has 8 heteroatoms. The summed E-state index contributed by atoms with van der Waals surface area (Å²) in [5.41, 5.74) is 1.35. The Morgan fingerprint density at radius 1 is 0.929 bits per heavy atom. The fraction of sp³-hybridized carbons (Fsp3) is 0.300. The molecule has 0 aliphatic rings. The average molecular weight is 404 g/mol. The zero-order valence-electron chi connectivity index (χ0n) is 16.4. The van der Waals surface area contributed by atoms with Crippen molar-refractivity contribution < 1.29 is 18.0 Å². The molecule has 0 heterocycles. The second-order valence-electron chi connectivity index (χ2n) is 7.48. The molecular formula is C20H25N3O4S. The van der Waals surface area contributed by atoms with Crippen molar-refractivity contribution in [2.45, 2.75) is 38.1 Å². The summed E-state index contributed by atoms with van der Waals surface area (Å²) in [4.78, 5) is 23.9. The monoisotopic (exact) mass is 403 g/mol. The molecular weight excluding hydrogens is 378 g/mol. The van der Waals surface area contributed by atoms with Gasteiger partial charge in [-0.3, -0.25) is 14.3 Å². The molecule has 0 aliphatic carbocycles. The number of hydrogen-bond acceptors (Lipinski definition) is 4. The lowest BCUT2D eigenvalue weighted by atomic mass is 10.1. The summed E-state index contributed by atoms with van der Waals surface area (Å²) < 4.78 is 27.4. The van der Waals surface area contributed by atoms with E-state index in [4.69, 9.17) is 0 Å². The highest BCUT2D eigenvalue weighted by Gasteiger charge is 2.17. The maximum atomic E-state index is 12.5. The maximum absolute atomic E-state index is 12.5. The van der Waals surface area contributed by atoms with Gasteiger partial charge in [0.25, 0.3) is 15.9 Å². The normalized spacial score (nSPS) is 11.6. The Bertz CT molecular complexity index is 944. The van der Waals surface area contributed by atoms with E-state index in [1.165, 1.54) is 24.3 Å². The molecule has 3 N–H and O–H groups in total. The van der Waals surface area contributed by atoms with Crippen LogP contribution in [0.5, 0.6) is 0 Å². The van der Waals surface area contributed by atoms with E-state index in [1.807, 2.05) is 27.7 Å². The topological polar surface area (TPSA) is 104 Å². The molecule has 0 radical (unpaired) electrons. The highest BCUT2D eigenvalue weighted by molar-refractivity contribution is 7.92. The Kier molecular flexibility index (Phi) is 6.45. The van der Waals surface area contributed by atoms with E-state index < -0.39 is 15.9 Å². The molecule has 0 fully saturated rings. The number of anilines is 1. The van der Waals surface area contributed by atoms with Crippen molar-refractivity contribution in [1.29, 1.82) is 0 Å². The first-order valence-electron chi connectivity index (χ1n) is 8.75. The van der Waals surface area contributed by atoms with Crippen LogP contribution >= 0.6 is 0 Å². The minimum Gasteiger partial charge on any atom is -0.350 e. The molecule has 2 amide bonds. The minimum absolute atomic E-state index is 0.0371. The van der Waals surface area contributed by atoms with Crippen molar-refractivity contribution in [2.75, 3.05) is 11.3 Å². The van der Waals surface area contributed by atoms with Crippen LogP contribution in [0.1, 0.15) is 36.7 Å². The molecule has 0 saturated heterocycles. The molecule has 150 valence electrons. The third kappa shape index (κ3) is 6.38. The van der Waals surface area contributed by atoms with E-state index in [-0.39, 0.29) is 28.4 Å². The van der Waals surface area contributed by atoms with E-state index in [1.54, 1.807) is 24.3 Å². The zero-order chi connectivity index (χ0) is 20.9. The fourth-order valence-electron chi connectivity index (χ4n) is 2.35. The predicted octanol–water partition coefficient (Wildman–Crippen LogP) is 2.44. The number of rotatable bonds is 6. The van der Waals surface area contributed by atoms with Crippen molar-refractivity contribution >= 4 is 27.5 Å². The van der Waals surface area contributed by atoms with Crippen LogP contribution in [0.3, 0.4) is 0 Å². The van der Waals surface area contributed by atoms with Crippen molar-refractivity contribution in [1.82, 2.24) is 10.6 Å². The van der Waals surface area contributed by atoms with Crippen LogP contribution in [0.4, 0.5) is 5.69 Å². The number of aryl methyl sites for hydroxylation is 1. The van der Waals surface area contributed by atoms with E-state index in [9.17, 15) is 18.0 Å². The Labute approximate surface area is 165 Å². The average Bonchev–Trinajstić information content (AvgIpc) is 2.60. The van der Waals surface area contributed by atoms with Gasteiger partial charge in [0.2, 0.25) is 5.91 Å². The molecule has 28 heavy (non-hydrogen) atoms. The van der Waals surface area contributed by atoms with E-state index >= 15 is 0 Å². The number of sulfonamides is 1. The maximum Gasteiger partial charge on any atom is 0.261 e. The van der Waals surface area contributed by atoms with Crippen molar-refractivity contribution in [3.8, 4) is 0 Å². The summed E-state index contributed by atoms with van der Waals surface area (Å²) in [6.07, 6.45) is 0. The van der Waals surface area contributed by atoms with Gasteiger partial charge in [-0.15, -0.1) is 0 Å². The van der Waals surface area contributed by atoms with Crippen LogP contribution in [0.15, 0.2) is 53.4 Å². The quantitative estimate of drug-likeness (QED) is 0.689. The van der Waals surface area contributed by atoms with E-state index in [0.717, 1.165) is 5.56 Å². The largest absolute Gasteiger partial charge is 0.350 e. The number of nitrogens with one attached hydrogen (secondary N) is 3. The Hall–Kier alpha value is -2.87. The summed E-state index contributed by atoms with van der Waals surface area (Å²) in [6.45, 7) is 7.28. The van der Waals surface area contributed by atoms with E-state index in [0.29, 0.717) is 5.69 Å². The van der Waals surface area contributed by atoms with Gasteiger partial charge in [0.05, 0.1) is 11.4 Å². The molecule has 0 aliphatic heterocycles. The van der Waals surface area contributed by atoms with Crippen LogP contribution in [0.2, 0.25) is 0 Å². The van der Waals surface area contributed by atoms with Crippen LogP contribution in [-0.4, -0.2) is 32.3 Å². The molecule has 0 spiro atoms. The summed E-state index contributed by atoms with van der Waals surface area (Å²) in [5.74, 6) is -0.762. The number of carbonyl (C=O) groups is 2. The smallest absolute Gasteiger partial charge is 0.261 e. The first kappa shape index (κ1) is 21.4. The molecule has 2 rings (SSSR count). The summed E-state index contributed by atoms with van der Waals surface area (Å²) in [6, 6.07) is 12.5. The van der Waals surface area contributed by atoms with Crippen LogP contribution < -0.4 is 15.4 Å². The highest BCUT2D eigenvalue weighted by Crippen LogP contribution is 2.17. The second kappa shape index (κ2) is 8.43. The molecule has 2 aromatic carbocycles. The molecule has 7 nitrogen and oxygen atoms in total. The zero-order valence-corrected chi connectivity index (χ0v) is 17.2. The van der Waals surface area contributed by atoms with Gasteiger partial charge in [-0.2, -0.15) is 0 Å². The molecule has 0 aromatic heterocycles. The molecule has 0 atom stereocenters. The predicted molar refractivity (Wildman–Crippen MR) is 109 cm³/mol. The highest BCUT2D eigenvalue weighted by atomic mass is 32.2. The van der Waals surface area contributed by atoms with Gasteiger partial charge in [0, 0.05) is 16.8 Å². The lowest BCUT2D eigenvalue weighted by Crippen LogP contribution is -2.45. The Morgan fingerprint density at radius 2 is 1.50 bits per heavy atom. The number of carbonyl (C=O) groups excluding carboxylic acids is 2. The van der Waals surface area contributed by atoms with Gasteiger partial charge in [0.15, 0.2) is 0 Å². The van der Waals surface area contributed by atoms with E-state index in [2.05, 4.69) is 15.4 Å². The second-order valence-corrected chi connectivity index (χ2v) is 9.16. The van der Waals surface area contributed by atoms with Crippen molar-refractivity contribution in [3.05, 3.63) is 59.7 Å². The lowest BCUT2D eigenvalue weighted by molar-refractivity contribution is -0.121. The number of hydrogen-bond donors (Lipinski definition) is 3. The van der Waals surface area contributed by atoms with Gasteiger partial charge >= 0.3 is 0 Å². The first-order chi connectivity index (χ1) is 13.0. The Morgan fingerprint density at radius 3 is 2.04 bits per heavy atom. The number of benzene rings is 2. The fourth-order valence-corrected chi connectivity index (χ4v) is 3.40. The van der Waals surface area contributed by atoms with Crippen molar-refractivity contribution in [3.63, 3.8) is 0 Å². The van der Waals surface area contributed by atoms with Gasteiger partial charge in [0.1, 0.15) is 0 Å². The van der Waals surface area contributed by atoms with Crippen LogP contribution in [0, 0.1) is 6.92 Å². The lowest BCUT2D eigenvalue weighted by Gasteiger charge is -2.20. The summed E-state index contributed by atoms with van der Waals surface area (Å²) in [7, 11) is -3.76. The third-order valence-corrected chi connectivity index (χ3v) is 5.05. The van der Waals surface area contributed by atoms with Gasteiger partial charge in [-0.1, -0.05) is 17.7 Å².